The van der Waals surface area contributed by atoms with Crippen LogP contribution in [-0.2, 0) is 44.3 Å². The Labute approximate surface area is 445 Å². The van der Waals surface area contributed by atoms with Gasteiger partial charge in [-0.2, -0.15) is 10.5 Å². The molecule has 1 atom stereocenters. The summed E-state index contributed by atoms with van der Waals surface area (Å²) in [4.78, 5) is 15.6. The van der Waals surface area contributed by atoms with Gasteiger partial charge in [0.05, 0.1) is 6.07 Å². The Morgan fingerprint density at radius 2 is 0.595 bits per heavy atom. The Morgan fingerprint density at radius 3 is 0.865 bits per heavy atom. The molecule has 0 aliphatic carbocycles. The molecule has 0 spiro atoms. The lowest BCUT2D eigenvalue weighted by Crippen LogP contribution is -2.34. The average Bonchev–Trinajstić information content (AvgIpc) is 3.33. The van der Waals surface area contributed by atoms with Gasteiger partial charge in [0.1, 0.15) is 17.2 Å². The molecule has 1 heterocycles. The van der Waals surface area contributed by atoms with Crippen molar-refractivity contribution in [2.75, 3.05) is 9.80 Å². The highest BCUT2D eigenvalue weighted by Crippen LogP contribution is 2.48. The summed E-state index contributed by atoms with van der Waals surface area (Å²) in [5.74, 6) is 0.731. The number of nitrogens with zero attached hydrogens (tertiary/aromatic N) is 6. The van der Waals surface area contributed by atoms with Crippen LogP contribution in [0.25, 0.3) is 0 Å². The maximum absolute atomic E-state index is 12.4. The summed E-state index contributed by atoms with van der Waals surface area (Å²) in [7, 11) is 0. The van der Waals surface area contributed by atoms with Gasteiger partial charge in [0, 0.05) is 29.2 Å². The first-order valence-electron chi connectivity index (χ1n) is 26.3. The summed E-state index contributed by atoms with van der Waals surface area (Å²) in [6, 6.07) is 56.9. The minimum Gasteiger partial charge on any atom is -0.293 e. The molecule has 74 heavy (non-hydrogen) atoms. The Bertz CT molecular complexity index is 3030. The Kier molecular flexibility index (Phi) is 14.8. The first kappa shape index (κ1) is 54.7. The van der Waals surface area contributed by atoms with Crippen molar-refractivity contribution in [3.63, 3.8) is 0 Å². The van der Waals surface area contributed by atoms with Crippen LogP contribution in [0, 0.1) is 22.7 Å². The molecule has 1 unspecified atom stereocenters. The van der Waals surface area contributed by atoms with Crippen LogP contribution in [0.2, 0.25) is 0 Å². The van der Waals surface area contributed by atoms with Crippen molar-refractivity contribution in [2.45, 2.75) is 169 Å². The monoisotopic (exact) mass is 981 g/mol. The number of benzene rings is 6. The van der Waals surface area contributed by atoms with Crippen LogP contribution in [0.15, 0.2) is 146 Å². The maximum atomic E-state index is 12.4. The van der Waals surface area contributed by atoms with E-state index in [1.165, 1.54) is 27.8 Å². The number of rotatable bonds is 10. The molecule has 0 radical (unpaired) electrons. The van der Waals surface area contributed by atoms with Crippen molar-refractivity contribution in [3.8, 4) is 12.1 Å². The molecule has 0 amide bonds. The van der Waals surface area contributed by atoms with Crippen molar-refractivity contribution >= 4 is 34.4 Å². The predicted molar refractivity (Wildman–Crippen MR) is 311 cm³/mol. The second kappa shape index (κ2) is 20.0. The minimum absolute atomic E-state index is 0.0699. The molecule has 0 aliphatic rings. The second-order valence-corrected chi connectivity index (χ2v) is 26.5. The molecule has 1 aromatic heterocycles. The lowest BCUT2D eigenvalue weighted by atomic mass is 9.72. The number of hydrogen-bond donors (Lipinski definition) is 0. The van der Waals surface area contributed by atoms with E-state index in [2.05, 4.69) is 287 Å². The van der Waals surface area contributed by atoms with Gasteiger partial charge in [-0.25, -0.2) is 9.97 Å². The van der Waals surface area contributed by atoms with Gasteiger partial charge in [-0.1, -0.05) is 222 Å². The third-order valence-corrected chi connectivity index (χ3v) is 14.5. The van der Waals surface area contributed by atoms with Crippen LogP contribution in [0.5, 0.6) is 0 Å². The third-order valence-electron chi connectivity index (χ3n) is 14.5. The van der Waals surface area contributed by atoms with Crippen molar-refractivity contribution in [1.82, 2.24) is 9.97 Å². The molecule has 6 heteroatoms. The van der Waals surface area contributed by atoms with E-state index in [-0.39, 0.29) is 44.6 Å². The Balaban J connectivity index is 1.66. The van der Waals surface area contributed by atoms with Crippen molar-refractivity contribution in [2.24, 2.45) is 0 Å². The summed E-state index contributed by atoms with van der Waals surface area (Å²) < 4.78 is 0. The van der Waals surface area contributed by atoms with Gasteiger partial charge < -0.3 is 0 Å². The summed E-state index contributed by atoms with van der Waals surface area (Å²) >= 11 is 0. The van der Waals surface area contributed by atoms with E-state index in [0.717, 1.165) is 39.4 Å². The van der Waals surface area contributed by atoms with Crippen LogP contribution in [0.1, 0.15) is 181 Å². The molecule has 6 nitrogen and oxygen atoms in total. The van der Waals surface area contributed by atoms with Gasteiger partial charge in [0.25, 0.3) is 0 Å². The summed E-state index contributed by atoms with van der Waals surface area (Å²) in [5, 5.41) is 24.0. The lowest BCUT2D eigenvalue weighted by Gasteiger charge is -2.35. The summed E-state index contributed by atoms with van der Waals surface area (Å²) in [6.07, 6.45) is 0.274. The first-order chi connectivity index (χ1) is 34.3. The summed E-state index contributed by atoms with van der Waals surface area (Å²) in [5.41, 5.74) is 10.6. The van der Waals surface area contributed by atoms with E-state index in [9.17, 15) is 10.5 Å². The molecule has 0 bridgehead atoms. The molecule has 0 saturated heterocycles. The third kappa shape index (κ3) is 11.7. The molecule has 7 rings (SSSR count). The van der Waals surface area contributed by atoms with Gasteiger partial charge in [0.15, 0.2) is 17.3 Å². The Morgan fingerprint density at radius 1 is 0.338 bits per heavy atom. The summed E-state index contributed by atoms with van der Waals surface area (Å²) in [6.45, 7) is 39.8. The topological polar surface area (TPSA) is 79.8 Å². The number of aromatic nitrogens is 2. The molecule has 6 aromatic carbocycles. The maximum Gasteiger partial charge on any atom is 0.186 e. The quantitative estimate of drug-likeness (QED) is 0.136. The second-order valence-electron chi connectivity index (χ2n) is 26.5. The molecule has 0 aliphatic heterocycles. The molecule has 0 N–H and O–H groups in total. The molecule has 7 aromatic rings. The van der Waals surface area contributed by atoms with Crippen molar-refractivity contribution in [3.05, 3.63) is 201 Å². The van der Waals surface area contributed by atoms with E-state index in [0.29, 0.717) is 17.3 Å². The zero-order valence-corrected chi connectivity index (χ0v) is 47.7. The first-order valence-corrected chi connectivity index (χ1v) is 26.3. The van der Waals surface area contributed by atoms with Gasteiger partial charge in [-0.15, -0.1) is 0 Å². The number of hydrogen-bond acceptors (Lipinski definition) is 6. The largest absolute Gasteiger partial charge is 0.293 e. The highest BCUT2D eigenvalue weighted by molar-refractivity contribution is 5.82. The van der Waals surface area contributed by atoms with Gasteiger partial charge in [0.2, 0.25) is 0 Å². The highest BCUT2D eigenvalue weighted by atomic mass is 15.3. The molecule has 0 fully saturated rings. The molecular formula is C68H80N6. The van der Waals surface area contributed by atoms with Crippen LogP contribution >= 0.6 is 0 Å². The zero-order valence-electron chi connectivity index (χ0n) is 47.7. The zero-order chi connectivity index (χ0) is 54.4. The van der Waals surface area contributed by atoms with E-state index < -0.39 is 5.41 Å². The van der Waals surface area contributed by atoms with Crippen LogP contribution < -0.4 is 9.80 Å². The van der Waals surface area contributed by atoms with Crippen molar-refractivity contribution < 1.29 is 0 Å². The standard InChI is InChI=1S/C68H80N6/c1-62(2,3)47-21-19-46(20-22-47)43-68(45-70,53-25-23-48(24-26-53)63(4,5)6)59-61(74(56-39-31-51(32-40-56)66(13,14)15)57-41-33-52(34-42-57)67(16,17)18)71-58(44-69)60(72-59)73(54-35-27-49(28-36-54)64(7,8)9)55-37-29-50(30-38-55)65(10,11)12/h19-42H,43H2,1-18H3. The average molecular weight is 981 g/mol. The molecular weight excluding hydrogens is 901 g/mol. The molecule has 0 saturated carbocycles. The smallest absolute Gasteiger partial charge is 0.186 e. The van der Waals surface area contributed by atoms with E-state index in [1.54, 1.807) is 0 Å². The fourth-order valence-electron chi connectivity index (χ4n) is 9.48. The van der Waals surface area contributed by atoms with Gasteiger partial charge in [-0.3, -0.25) is 9.80 Å². The van der Waals surface area contributed by atoms with E-state index in [1.807, 2.05) is 4.90 Å². The fraction of sp³-hybridized carbons (Fsp3) is 0.382. The van der Waals surface area contributed by atoms with Crippen LogP contribution in [-0.4, -0.2) is 9.97 Å². The molecule has 382 valence electrons. The number of anilines is 6. The van der Waals surface area contributed by atoms with Crippen LogP contribution in [0.3, 0.4) is 0 Å². The van der Waals surface area contributed by atoms with E-state index in [4.69, 9.17) is 9.97 Å². The number of nitriles is 2. The predicted octanol–water partition coefficient (Wildman–Crippen LogP) is 18.1. The Hall–Kier alpha value is -7.02. The van der Waals surface area contributed by atoms with Gasteiger partial charge in [-0.05, 0) is 126 Å². The minimum atomic E-state index is -1.45. The fourth-order valence-corrected chi connectivity index (χ4v) is 9.48. The lowest BCUT2D eigenvalue weighted by molar-refractivity contribution is 0.584. The SMILES string of the molecule is CC(C)(C)c1ccc(CC(C#N)(c2ccc(C(C)(C)C)cc2)c2nc(N(c3ccc(C(C)(C)C)cc3)c3ccc(C(C)(C)C)cc3)c(C#N)nc2N(c2ccc(C(C)(C)C)cc2)c2ccc(C(C)(C)C)cc2)cc1. The van der Waals surface area contributed by atoms with Crippen molar-refractivity contribution in [1.29, 1.82) is 10.5 Å². The van der Waals surface area contributed by atoms with Crippen LogP contribution in [0.4, 0.5) is 34.4 Å². The normalized spacial score (nSPS) is 13.4. The highest BCUT2D eigenvalue weighted by Gasteiger charge is 2.43. The van der Waals surface area contributed by atoms with Gasteiger partial charge >= 0.3 is 0 Å². The van der Waals surface area contributed by atoms with E-state index >= 15 is 0 Å².